The topological polar surface area (TPSA) is 98.3 Å². The van der Waals surface area contributed by atoms with Gasteiger partial charge in [0, 0.05) is 12.5 Å². The van der Waals surface area contributed by atoms with Crippen molar-refractivity contribution in [2.45, 2.75) is 26.7 Å². The van der Waals surface area contributed by atoms with Crippen LogP contribution in [-0.4, -0.2) is 17.4 Å². The normalized spacial score (nSPS) is 12.2. The number of benzene rings is 1. The predicted octanol–water partition coefficient (Wildman–Crippen LogP) is 2.68. The van der Waals surface area contributed by atoms with E-state index in [0.29, 0.717) is 12.5 Å². The summed E-state index contributed by atoms with van der Waals surface area (Å²) < 4.78 is 13.7. The molecule has 0 aliphatic rings. The first kappa shape index (κ1) is 17.0. The van der Waals surface area contributed by atoms with Crippen molar-refractivity contribution in [2.75, 3.05) is 11.9 Å². The SMILES string of the molecule is CC(C)C[C@H](CN)CC(=O)Nc1c(F)cccc1[N+](=O)[O-]. The Morgan fingerprint density at radius 3 is 2.67 bits per heavy atom. The Balaban J connectivity index is 2.81. The molecule has 1 amide bonds. The third kappa shape index (κ3) is 5.11. The van der Waals surface area contributed by atoms with Gasteiger partial charge in [0.25, 0.3) is 5.69 Å². The second-order valence-electron chi connectivity index (χ2n) is 5.37. The highest BCUT2D eigenvalue weighted by molar-refractivity contribution is 5.93. The number of nitrogens with one attached hydrogen (secondary N) is 1. The molecule has 0 unspecified atom stereocenters. The van der Waals surface area contributed by atoms with E-state index in [0.717, 1.165) is 18.6 Å². The molecule has 21 heavy (non-hydrogen) atoms. The molecule has 116 valence electrons. The van der Waals surface area contributed by atoms with Gasteiger partial charge in [-0.05, 0) is 30.9 Å². The number of nitrogens with zero attached hydrogens (tertiary/aromatic N) is 1. The molecule has 6 nitrogen and oxygen atoms in total. The third-order valence-corrected chi connectivity index (χ3v) is 3.06. The van der Waals surface area contributed by atoms with E-state index in [-0.39, 0.29) is 12.3 Å². The van der Waals surface area contributed by atoms with Crippen molar-refractivity contribution in [3.8, 4) is 0 Å². The number of nitro groups is 1. The van der Waals surface area contributed by atoms with Crippen LogP contribution >= 0.6 is 0 Å². The molecule has 0 fully saturated rings. The standard InChI is InChI=1S/C14H20FN3O3/c1-9(2)6-10(8-16)7-13(19)17-14-11(15)4-3-5-12(14)18(20)21/h3-5,9-10H,6-8,16H2,1-2H3,(H,17,19)/t10-/m0/s1. The number of rotatable bonds is 7. The Morgan fingerprint density at radius 2 is 2.14 bits per heavy atom. The summed E-state index contributed by atoms with van der Waals surface area (Å²) in [5.41, 5.74) is 4.75. The van der Waals surface area contributed by atoms with Crippen LogP contribution in [0, 0.1) is 27.8 Å². The molecule has 1 rings (SSSR count). The minimum Gasteiger partial charge on any atom is -0.330 e. The average Bonchev–Trinajstić information content (AvgIpc) is 2.39. The summed E-state index contributed by atoms with van der Waals surface area (Å²) in [5.74, 6) is -0.949. The van der Waals surface area contributed by atoms with Gasteiger partial charge in [-0.15, -0.1) is 0 Å². The zero-order valence-electron chi connectivity index (χ0n) is 12.1. The summed E-state index contributed by atoms with van der Waals surface area (Å²) in [6.07, 6.45) is 0.878. The van der Waals surface area contributed by atoms with E-state index in [4.69, 9.17) is 5.73 Å². The van der Waals surface area contributed by atoms with E-state index in [2.05, 4.69) is 5.32 Å². The van der Waals surface area contributed by atoms with Gasteiger partial charge in [-0.2, -0.15) is 0 Å². The molecule has 0 saturated heterocycles. The molecular weight excluding hydrogens is 277 g/mol. The predicted molar refractivity (Wildman–Crippen MR) is 78.3 cm³/mol. The van der Waals surface area contributed by atoms with Crippen LogP contribution in [0.15, 0.2) is 18.2 Å². The van der Waals surface area contributed by atoms with Crippen LogP contribution < -0.4 is 11.1 Å². The zero-order chi connectivity index (χ0) is 16.0. The molecule has 7 heteroatoms. The van der Waals surface area contributed by atoms with Crippen molar-refractivity contribution in [1.82, 2.24) is 0 Å². The van der Waals surface area contributed by atoms with Crippen LogP contribution in [0.3, 0.4) is 0 Å². The molecule has 1 aromatic rings. The molecule has 0 aromatic heterocycles. The summed E-state index contributed by atoms with van der Waals surface area (Å²) in [7, 11) is 0. The number of hydrogen-bond donors (Lipinski definition) is 2. The minimum absolute atomic E-state index is 0.0316. The van der Waals surface area contributed by atoms with Gasteiger partial charge in [0.15, 0.2) is 11.5 Å². The first-order valence-corrected chi connectivity index (χ1v) is 6.78. The van der Waals surface area contributed by atoms with E-state index >= 15 is 0 Å². The number of amides is 1. The number of halogens is 1. The van der Waals surface area contributed by atoms with E-state index in [1.807, 2.05) is 13.8 Å². The summed E-state index contributed by atoms with van der Waals surface area (Å²) in [6, 6.07) is 3.44. The lowest BCUT2D eigenvalue weighted by Gasteiger charge is -2.16. The molecule has 0 spiro atoms. The van der Waals surface area contributed by atoms with E-state index < -0.39 is 28.0 Å². The summed E-state index contributed by atoms with van der Waals surface area (Å²) in [5, 5.41) is 13.1. The molecule has 1 atom stereocenters. The third-order valence-electron chi connectivity index (χ3n) is 3.06. The Morgan fingerprint density at radius 1 is 1.48 bits per heavy atom. The fraction of sp³-hybridized carbons (Fsp3) is 0.500. The van der Waals surface area contributed by atoms with Gasteiger partial charge in [-0.25, -0.2) is 4.39 Å². The lowest BCUT2D eigenvalue weighted by molar-refractivity contribution is -0.384. The Hall–Kier alpha value is -2.02. The van der Waals surface area contributed by atoms with Gasteiger partial charge in [-0.1, -0.05) is 19.9 Å². The van der Waals surface area contributed by atoms with Crippen LogP contribution in [0.4, 0.5) is 15.8 Å². The second-order valence-corrected chi connectivity index (χ2v) is 5.37. The minimum atomic E-state index is -0.828. The summed E-state index contributed by atoms with van der Waals surface area (Å²) >= 11 is 0. The number of hydrogen-bond acceptors (Lipinski definition) is 4. The van der Waals surface area contributed by atoms with Crippen LogP contribution in [0.1, 0.15) is 26.7 Å². The van der Waals surface area contributed by atoms with Gasteiger partial charge >= 0.3 is 0 Å². The quantitative estimate of drug-likeness (QED) is 0.597. The largest absolute Gasteiger partial charge is 0.330 e. The maximum absolute atomic E-state index is 13.7. The molecule has 0 saturated carbocycles. The monoisotopic (exact) mass is 297 g/mol. The number of carbonyl (C=O) groups is 1. The molecular formula is C14H20FN3O3. The van der Waals surface area contributed by atoms with Crippen LogP contribution in [0.5, 0.6) is 0 Å². The maximum Gasteiger partial charge on any atom is 0.295 e. The maximum atomic E-state index is 13.7. The summed E-state index contributed by atoms with van der Waals surface area (Å²) in [4.78, 5) is 22.1. The van der Waals surface area contributed by atoms with Crippen molar-refractivity contribution in [1.29, 1.82) is 0 Å². The van der Waals surface area contributed by atoms with Crippen molar-refractivity contribution in [3.05, 3.63) is 34.1 Å². The Bertz CT molecular complexity index is 520. The van der Waals surface area contributed by atoms with E-state index in [9.17, 15) is 19.3 Å². The molecule has 0 radical (unpaired) electrons. The van der Waals surface area contributed by atoms with Gasteiger partial charge in [0.1, 0.15) is 0 Å². The molecule has 0 aliphatic heterocycles. The van der Waals surface area contributed by atoms with E-state index in [1.54, 1.807) is 0 Å². The number of carbonyl (C=O) groups excluding carboxylic acids is 1. The first-order valence-electron chi connectivity index (χ1n) is 6.78. The van der Waals surface area contributed by atoms with Crippen LogP contribution in [0.2, 0.25) is 0 Å². The van der Waals surface area contributed by atoms with Crippen molar-refractivity contribution >= 4 is 17.3 Å². The molecule has 0 heterocycles. The molecule has 3 N–H and O–H groups in total. The number of anilines is 1. The summed E-state index contributed by atoms with van der Waals surface area (Å²) in [6.45, 7) is 4.37. The zero-order valence-corrected chi connectivity index (χ0v) is 12.1. The lowest BCUT2D eigenvalue weighted by Crippen LogP contribution is -2.24. The fourth-order valence-electron chi connectivity index (χ4n) is 2.17. The van der Waals surface area contributed by atoms with Crippen LogP contribution in [-0.2, 0) is 4.79 Å². The average molecular weight is 297 g/mol. The van der Waals surface area contributed by atoms with Gasteiger partial charge < -0.3 is 11.1 Å². The highest BCUT2D eigenvalue weighted by Gasteiger charge is 2.21. The van der Waals surface area contributed by atoms with Crippen LogP contribution in [0.25, 0.3) is 0 Å². The molecule has 0 aliphatic carbocycles. The second kappa shape index (κ2) is 7.68. The van der Waals surface area contributed by atoms with Gasteiger partial charge in [0.2, 0.25) is 5.91 Å². The fourth-order valence-corrected chi connectivity index (χ4v) is 2.17. The van der Waals surface area contributed by atoms with E-state index in [1.165, 1.54) is 6.07 Å². The molecule has 0 bridgehead atoms. The molecule has 1 aromatic carbocycles. The highest BCUT2D eigenvalue weighted by atomic mass is 19.1. The van der Waals surface area contributed by atoms with Crippen molar-refractivity contribution in [2.24, 2.45) is 17.6 Å². The number of nitrogens with two attached hydrogens (primary N) is 1. The van der Waals surface area contributed by atoms with Crippen molar-refractivity contribution < 1.29 is 14.1 Å². The Labute approximate surface area is 122 Å². The van der Waals surface area contributed by atoms with Crippen molar-refractivity contribution in [3.63, 3.8) is 0 Å². The van der Waals surface area contributed by atoms with Gasteiger partial charge in [-0.3, -0.25) is 14.9 Å². The highest BCUT2D eigenvalue weighted by Crippen LogP contribution is 2.27. The smallest absolute Gasteiger partial charge is 0.295 e. The number of nitro benzene ring substituents is 1. The van der Waals surface area contributed by atoms with Gasteiger partial charge in [0.05, 0.1) is 4.92 Å². The Kier molecular flexibility index (Phi) is 6.23. The lowest BCUT2D eigenvalue weighted by atomic mass is 9.94. The first-order chi connectivity index (χ1) is 9.85. The number of para-hydroxylation sites is 1.